The summed E-state index contributed by atoms with van der Waals surface area (Å²) < 4.78 is 32.8. The van der Waals surface area contributed by atoms with Gasteiger partial charge in [0, 0.05) is 44.0 Å². The Hall–Kier alpha value is -4.87. The first kappa shape index (κ1) is 55.9. The highest BCUT2D eigenvalue weighted by atomic mass is 32.1. The highest BCUT2D eigenvalue weighted by Crippen LogP contribution is 2.45. The van der Waals surface area contributed by atoms with Crippen molar-refractivity contribution in [2.24, 2.45) is 29.1 Å². The zero-order valence-electron chi connectivity index (χ0n) is 43.8. The highest BCUT2D eigenvalue weighted by Gasteiger charge is 2.53. The van der Waals surface area contributed by atoms with E-state index in [1.807, 2.05) is 25.1 Å². The quantitative estimate of drug-likeness (QED) is 0.0527. The normalized spacial score (nSPS) is 26.8. The fourth-order valence-electron chi connectivity index (χ4n) is 11.1. The molecule has 0 radical (unpaired) electrons. The first-order valence-corrected chi connectivity index (χ1v) is 27.8. The van der Waals surface area contributed by atoms with E-state index >= 15 is 0 Å². The van der Waals surface area contributed by atoms with Crippen LogP contribution >= 0.6 is 11.3 Å². The van der Waals surface area contributed by atoms with Gasteiger partial charge in [-0.1, -0.05) is 104 Å². The molecule has 7 rings (SSSR count). The van der Waals surface area contributed by atoms with Crippen LogP contribution in [0.2, 0.25) is 0 Å². The number of carbonyl (C=O) groups is 5. The molecule has 0 spiro atoms. The molecular formula is C56H80FN5O10S. The fraction of sp³-hybridized carbons (Fsp3) is 0.679. The number of aromatic nitrogens is 1. The van der Waals surface area contributed by atoms with Crippen LogP contribution in [-0.2, 0) is 35.2 Å². The number of cyclic esters (lactones) is 1. The Morgan fingerprint density at radius 3 is 2.38 bits per heavy atom. The van der Waals surface area contributed by atoms with Gasteiger partial charge in [0.15, 0.2) is 5.67 Å². The average Bonchev–Trinajstić information content (AvgIpc) is 3.74. The van der Waals surface area contributed by atoms with Gasteiger partial charge in [-0.25, -0.2) is 14.2 Å². The molecule has 2 saturated heterocycles. The van der Waals surface area contributed by atoms with Gasteiger partial charge in [-0.05, 0) is 92.2 Å². The van der Waals surface area contributed by atoms with Crippen LogP contribution in [0.4, 0.5) is 9.18 Å². The number of thiazole rings is 1. The lowest BCUT2D eigenvalue weighted by Gasteiger charge is -2.43. The van der Waals surface area contributed by atoms with Crippen molar-refractivity contribution >= 4 is 41.1 Å². The summed E-state index contributed by atoms with van der Waals surface area (Å²) >= 11 is 1.54. The minimum absolute atomic E-state index is 0.0355. The number of amides is 4. The third kappa shape index (κ3) is 15.1. The Morgan fingerprint density at radius 1 is 0.973 bits per heavy atom. The van der Waals surface area contributed by atoms with Crippen molar-refractivity contribution in [3.8, 4) is 16.2 Å². The van der Waals surface area contributed by atoms with E-state index in [4.69, 9.17) is 14.2 Å². The third-order valence-corrected chi connectivity index (χ3v) is 16.4. The van der Waals surface area contributed by atoms with E-state index in [1.165, 1.54) is 10.5 Å². The number of likely N-dealkylation sites (tertiary alicyclic amines) is 1. The molecule has 0 bridgehead atoms. The number of fused-ring (bicyclic) bond motifs is 1. The number of alkyl halides is 1. The second kappa shape index (κ2) is 25.1. The van der Waals surface area contributed by atoms with Gasteiger partial charge >= 0.3 is 12.1 Å². The number of alkyl carbamates (subject to hydrolysis) is 1. The Morgan fingerprint density at radius 2 is 1.70 bits per heavy atom. The molecule has 3 fully saturated rings. The van der Waals surface area contributed by atoms with Crippen molar-refractivity contribution in [2.75, 3.05) is 19.7 Å². The first-order valence-electron chi connectivity index (χ1n) is 26.9. The molecule has 5 aliphatic rings. The number of allylic oxidation sites excluding steroid dienone is 3. The molecule has 5 N–H and O–H groups in total. The zero-order chi connectivity index (χ0) is 52.5. The summed E-state index contributed by atoms with van der Waals surface area (Å²) in [5, 5.41) is 29.4. The molecule has 3 aliphatic carbocycles. The molecule has 17 heteroatoms. The van der Waals surface area contributed by atoms with Crippen molar-refractivity contribution < 1.29 is 52.8 Å². The number of nitrogens with one attached hydrogen (secondary N) is 3. The Kier molecular flexibility index (Phi) is 19.2. The maximum atomic E-state index is 14.7. The van der Waals surface area contributed by atoms with Crippen molar-refractivity contribution in [1.29, 1.82) is 0 Å². The summed E-state index contributed by atoms with van der Waals surface area (Å²) in [6.07, 6.45) is 15.3. The largest absolute Gasteiger partial charge is 0.493 e. The van der Waals surface area contributed by atoms with Gasteiger partial charge in [0.05, 0.1) is 41.3 Å². The number of halogens is 1. The number of β-amino-alcohol motifs (C(OH)–C–C–N with tert-alkyl or cyclic N) is 1. The molecule has 73 heavy (non-hydrogen) atoms. The van der Waals surface area contributed by atoms with Crippen LogP contribution in [0.5, 0.6) is 5.75 Å². The Bertz CT molecular complexity index is 2310. The number of aliphatic hydroxyl groups is 2. The van der Waals surface area contributed by atoms with E-state index in [0.717, 1.165) is 85.9 Å². The van der Waals surface area contributed by atoms with Crippen LogP contribution in [0.15, 0.2) is 47.5 Å². The van der Waals surface area contributed by atoms with Crippen molar-refractivity contribution in [3.63, 3.8) is 0 Å². The summed E-state index contributed by atoms with van der Waals surface area (Å²) in [7, 11) is 0. The molecule has 2 aromatic rings. The lowest BCUT2D eigenvalue weighted by Crippen LogP contribution is -2.59. The summed E-state index contributed by atoms with van der Waals surface area (Å²) in [4.78, 5) is 72.3. The molecule has 1 aromatic carbocycles. The average molecular weight is 1030 g/mol. The monoisotopic (exact) mass is 1030 g/mol. The number of ether oxygens (including phenoxy) is 3. The lowest BCUT2D eigenvalue weighted by atomic mass is 9.65. The number of hydrogen-bond acceptors (Lipinski definition) is 12. The van der Waals surface area contributed by atoms with Gasteiger partial charge in [0.1, 0.15) is 30.0 Å². The van der Waals surface area contributed by atoms with Gasteiger partial charge in [0.25, 0.3) is 5.91 Å². The molecule has 0 unspecified atom stereocenters. The number of nitrogens with zero attached hydrogens (tertiary/aromatic N) is 2. The zero-order valence-corrected chi connectivity index (χ0v) is 44.6. The Balaban J connectivity index is 0.814. The second-order valence-electron chi connectivity index (χ2n) is 22.6. The maximum Gasteiger partial charge on any atom is 0.407 e. The van der Waals surface area contributed by atoms with E-state index in [2.05, 4.69) is 53.0 Å². The fourth-order valence-corrected chi connectivity index (χ4v) is 11.9. The van der Waals surface area contributed by atoms with Gasteiger partial charge < -0.3 is 45.3 Å². The van der Waals surface area contributed by atoms with Crippen LogP contribution in [-0.4, -0.2) is 112 Å². The van der Waals surface area contributed by atoms with Crippen LogP contribution in [0.25, 0.3) is 10.4 Å². The van der Waals surface area contributed by atoms with E-state index in [0.29, 0.717) is 31.7 Å². The van der Waals surface area contributed by atoms with E-state index in [9.17, 15) is 38.6 Å². The van der Waals surface area contributed by atoms with E-state index < -0.39 is 53.1 Å². The van der Waals surface area contributed by atoms with Crippen molar-refractivity contribution in [3.05, 3.63) is 58.8 Å². The molecule has 2 aliphatic heterocycles. The molecule has 1 saturated carbocycles. The number of benzene rings is 1. The van der Waals surface area contributed by atoms with Gasteiger partial charge in [0.2, 0.25) is 11.8 Å². The first-order chi connectivity index (χ1) is 34.8. The Labute approximate surface area is 434 Å². The molecular weight excluding hydrogens is 954 g/mol. The van der Waals surface area contributed by atoms with Crippen LogP contribution in [0.1, 0.15) is 149 Å². The number of unbranched alkanes of at least 4 members (excludes halogenated alkanes) is 7. The smallest absolute Gasteiger partial charge is 0.407 e. The minimum atomic E-state index is -1.97. The number of hydrogen-bond donors (Lipinski definition) is 5. The topological polar surface area (TPSA) is 206 Å². The van der Waals surface area contributed by atoms with Gasteiger partial charge in [-0.15, -0.1) is 11.3 Å². The number of aryl methyl sites for hydroxylation is 1. The number of esters is 1. The van der Waals surface area contributed by atoms with Crippen LogP contribution in [0.3, 0.4) is 0 Å². The second-order valence-corrected chi connectivity index (χ2v) is 23.4. The third-order valence-electron chi connectivity index (χ3n) is 15.4. The van der Waals surface area contributed by atoms with Gasteiger partial charge in [-0.2, -0.15) is 0 Å². The minimum Gasteiger partial charge on any atom is -0.493 e. The highest BCUT2D eigenvalue weighted by molar-refractivity contribution is 7.13. The van der Waals surface area contributed by atoms with Gasteiger partial charge in [-0.3, -0.25) is 19.2 Å². The SMILES string of the molecule is Cc1ncsc1-c1ccc(CNC(=O)[C@H]2C[C@H](O)CN2C(=O)[C@H](NC(=O)C2(F)CC2)C(C)(C)C)c(OCCCCCCCCCCNC(=O)O[C@H]2C[C@@H](C)C=C3C=C[C@H](C)[C@H](CC[C@@H]4C[C@@H](O)CC(=O)O4)[C@H]32)c1. The number of carbonyl (C=O) groups excluding carboxylic acids is 5. The molecule has 1 aromatic heterocycles. The lowest BCUT2D eigenvalue weighted by molar-refractivity contribution is -0.160. The van der Waals surface area contributed by atoms with Crippen molar-refractivity contribution in [1.82, 2.24) is 25.8 Å². The molecule has 15 nitrogen and oxygen atoms in total. The summed E-state index contributed by atoms with van der Waals surface area (Å²) in [5.41, 5.74) is 2.90. The van der Waals surface area contributed by atoms with E-state index in [-0.39, 0.29) is 86.7 Å². The molecule has 402 valence electrons. The van der Waals surface area contributed by atoms with Crippen molar-refractivity contribution in [2.45, 2.75) is 193 Å². The predicted molar refractivity (Wildman–Crippen MR) is 277 cm³/mol. The maximum absolute atomic E-state index is 14.7. The standard InChI is InChI=1S/C56H80FN5O10S/c1-34-25-37-16-15-35(2)43(20-19-42-28-40(63)30-47(65)71-42)48(37)46(26-34)72-54(69)58-23-13-11-9-7-8-10-12-14-24-70-45-27-38(49-36(3)60-33-73-49)17-18-39(45)31-59-51(66)44-29-41(64)32-62(44)52(67)50(55(4,5)6)61-53(68)56(57)21-22-56/h15-18,25,27,33-35,40-44,46,48,50,63-64H,7-14,19-24,26,28-32H2,1-6H3,(H,58,69)(H,59,66)(H,61,68)/t34-,35-,40+,41-,42+,43-,44+,46-,48-,50-/m0/s1. The molecule has 10 atom stereocenters. The summed E-state index contributed by atoms with van der Waals surface area (Å²) in [6, 6.07) is 3.81. The molecule has 4 amide bonds. The predicted octanol–water partition coefficient (Wildman–Crippen LogP) is 8.58. The van der Waals surface area contributed by atoms with Crippen LogP contribution < -0.4 is 20.7 Å². The number of aliphatic hydroxyl groups excluding tert-OH is 2. The summed E-state index contributed by atoms with van der Waals surface area (Å²) in [6.45, 7) is 12.7. The van der Waals surface area contributed by atoms with E-state index in [1.54, 1.807) is 37.6 Å². The summed E-state index contributed by atoms with van der Waals surface area (Å²) in [5.74, 6) is -0.637. The van der Waals surface area contributed by atoms with Crippen LogP contribution in [0, 0.1) is 36.0 Å². The number of rotatable bonds is 23. The molecule has 3 heterocycles.